The van der Waals surface area contributed by atoms with E-state index in [-0.39, 0.29) is 95.6 Å². The summed E-state index contributed by atoms with van der Waals surface area (Å²) >= 11 is 0. The monoisotopic (exact) mass is 383 g/mol. The van der Waals surface area contributed by atoms with Crippen molar-refractivity contribution in [2.45, 2.75) is 6.42 Å². The Labute approximate surface area is 155 Å². The molecule has 1 heterocycles. The van der Waals surface area contributed by atoms with Gasteiger partial charge in [-0.2, -0.15) is 24.4 Å². The molecule has 0 atom stereocenters. The summed E-state index contributed by atoms with van der Waals surface area (Å²) in [5, 5.41) is 0. The van der Waals surface area contributed by atoms with Gasteiger partial charge in [0.2, 0.25) is 0 Å². The Morgan fingerprint density at radius 2 is 1.42 bits per heavy atom. The van der Waals surface area contributed by atoms with Crippen LogP contribution in [0.1, 0.15) is 6.42 Å². The maximum Gasteiger partial charge on any atom is 0 e. The van der Waals surface area contributed by atoms with Crippen molar-refractivity contribution in [2.24, 2.45) is 0 Å². The van der Waals surface area contributed by atoms with Crippen LogP contribution < -0.4 is 0 Å². The smallest absolute Gasteiger partial charge is 0 e. The number of aromatic nitrogens is 1. The average Bonchev–Trinajstić information content (AvgIpc) is 2.67. The second-order valence-corrected chi connectivity index (χ2v) is 1.82. The van der Waals surface area contributed by atoms with Crippen LogP contribution in [0.3, 0.4) is 0 Å². The summed E-state index contributed by atoms with van der Waals surface area (Å²) in [6.07, 6.45) is 14.6. The van der Waals surface area contributed by atoms with Crippen LogP contribution in [0.15, 0.2) is 36.6 Å². The molecule has 0 amide bonds. The van der Waals surface area contributed by atoms with Crippen LogP contribution in [0, 0.1) is 56.8 Å². The number of hydrogen-bond donors (Lipinski definition) is 1. The van der Waals surface area contributed by atoms with E-state index in [9.17, 15) is 0 Å². The van der Waals surface area contributed by atoms with Crippen molar-refractivity contribution in [1.29, 1.82) is 0 Å². The summed E-state index contributed by atoms with van der Waals surface area (Å²) in [6.45, 7) is 0. The van der Waals surface area contributed by atoms with E-state index in [1.165, 1.54) is 0 Å². The Morgan fingerprint density at radius 3 is 1.53 bits per heavy atom. The van der Waals surface area contributed by atoms with Crippen molar-refractivity contribution in [3.05, 3.63) is 93.4 Å². The number of halogens is 2. The molecule has 1 nitrogen and oxygen atoms in total. The van der Waals surface area contributed by atoms with Crippen LogP contribution in [0.4, 0.5) is 0 Å². The van der Waals surface area contributed by atoms with E-state index >= 15 is 0 Å². The minimum absolute atomic E-state index is 0. The predicted molar refractivity (Wildman–Crippen MR) is 94.2 cm³/mol. The summed E-state index contributed by atoms with van der Waals surface area (Å²) < 4.78 is 0. The molecule has 2 rings (SSSR count). The number of nitrogens with one attached hydrogen (secondary N) is 1. The molecule has 1 aliphatic rings. The fraction of sp³-hybridized carbons (Fsp3) is 0.0667. The van der Waals surface area contributed by atoms with Crippen molar-refractivity contribution in [3.8, 4) is 0 Å². The van der Waals surface area contributed by atoms with E-state index < -0.39 is 0 Å². The number of hydrogen-bond acceptors (Lipinski definition) is 0. The Bertz CT molecular complexity index is 183. The fourth-order valence-electron chi connectivity index (χ4n) is 0.581. The van der Waals surface area contributed by atoms with E-state index in [0.29, 0.717) is 0 Å². The maximum atomic E-state index is 2.99. The first-order valence-electron chi connectivity index (χ1n) is 3.21. The second-order valence-electron chi connectivity index (χ2n) is 1.82. The zero-order valence-corrected chi connectivity index (χ0v) is 17.1. The van der Waals surface area contributed by atoms with Gasteiger partial charge >= 0.3 is 0 Å². The molecule has 0 spiro atoms. The largest absolute Gasteiger partial charge is 0.484 e. The number of aromatic amines is 1. The Morgan fingerprint density at radius 1 is 0.895 bits per heavy atom. The van der Waals surface area contributed by atoms with Crippen molar-refractivity contribution in [2.75, 3.05) is 0 Å². The molecule has 1 N–H and O–H groups in total. The molecule has 0 fully saturated rings. The van der Waals surface area contributed by atoms with Gasteiger partial charge in [-0.25, -0.2) is 12.2 Å². The van der Waals surface area contributed by atoms with E-state index in [1.807, 2.05) is 30.5 Å². The Balaban J connectivity index is -0.0000000102. The van der Waals surface area contributed by atoms with Gasteiger partial charge in [0.1, 0.15) is 0 Å². The topological polar surface area (TPSA) is 15.8 Å². The fourth-order valence-corrected chi connectivity index (χ4v) is 0.581. The van der Waals surface area contributed by atoms with Crippen LogP contribution in [-0.2, 0) is 26.2 Å². The first-order valence-corrected chi connectivity index (χ1v) is 3.21. The van der Waals surface area contributed by atoms with E-state index in [2.05, 4.69) is 23.3 Å². The van der Waals surface area contributed by atoms with Crippen LogP contribution in [0.25, 0.3) is 0 Å². The summed E-state index contributed by atoms with van der Waals surface area (Å²) in [6, 6.07) is 3.71. The van der Waals surface area contributed by atoms with Gasteiger partial charge in [-0.1, -0.05) is 0 Å². The van der Waals surface area contributed by atoms with Crippen molar-refractivity contribution < 1.29 is 26.2 Å². The molecule has 1 aromatic heterocycles. The summed E-state index contributed by atoms with van der Waals surface area (Å²) in [5.41, 5.74) is 0. The van der Waals surface area contributed by atoms with Gasteiger partial charge in [0.25, 0.3) is 0 Å². The number of allylic oxidation sites excluding steroid dienone is 4. The van der Waals surface area contributed by atoms with Crippen LogP contribution in [0.2, 0.25) is 0 Å². The molecular weight excluding hydrogens is 356 g/mol. The molecule has 1 aromatic rings. The number of rotatable bonds is 0. The predicted octanol–water partition coefficient (Wildman–Crippen LogP) is 5.66. The molecule has 1 aliphatic carbocycles. The average molecular weight is 386 g/mol. The van der Waals surface area contributed by atoms with Crippen molar-refractivity contribution >= 4 is 24.8 Å². The van der Waals surface area contributed by atoms with Gasteiger partial charge in [-0.3, -0.25) is 6.08 Å². The summed E-state index contributed by atoms with van der Waals surface area (Å²) in [5.74, 6) is 0. The quantitative estimate of drug-likeness (QED) is 0.554. The minimum atomic E-state index is 0. The molecule has 0 aromatic carbocycles. The molecular formula is C15H29Cl2NZr-8. The Hall–Kier alpha value is 0.223. The Kier molecular flexibility index (Phi) is 166. The summed E-state index contributed by atoms with van der Waals surface area (Å²) in [4.78, 5) is 2.74. The van der Waals surface area contributed by atoms with Crippen LogP contribution in [0.5, 0.6) is 0 Å². The van der Waals surface area contributed by atoms with Gasteiger partial charge in [0.15, 0.2) is 0 Å². The molecule has 0 saturated carbocycles. The normalized spacial score (nSPS) is 6.74. The van der Waals surface area contributed by atoms with E-state index in [0.717, 1.165) is 6.42 Å². The molecule has 0 aliphatic heterocycles. The summed E-state index contributed by atoms with van der Waals surface area (Å²) in [7, 11) is 0. The molecule has 0 radical (unpaired) electrons. The third kappa shape index (κ3) is 45.9. The van der Waals surface area contributed by atoms with Gasteiger partial charge in [0.05, 0.1) is 0 Å². The molecule has 19 heavy (non-hydrogen) atoms. The molecule has 120 valence electrons. The second kappa shape index (κ2) is 51.7. The molecule has 0 saturated heterocycles. The van der Waals surface area contributed by atoms with Crippen molar-refractivity contribution in [3.63, 3.8) is 0 Å². The van der Waals surface area contributed by atoms with Crippen LogP contribution >= 0.6 is 24.8 Å². The third-order valence-corrected chi connectivity index (χ3v) is 1.03. The zero-order valence-electron chi connectivity index (χ0n) is 13.0. The molecule has 4 heteroatoms. The van der Waals surface area contributed by atoms with E-state index in [4.69, 9.17) is 0 Å². The SMILES string of the molecule is Cl.Cl.[C-]1=CC=CC1.[CH3-].[CH3-].[CH3-].[CH3-].[CH3-].[CH3-].[Zr].[c-]1ccc[nH]1. The first kappa shape index (κ1) is 61.1. The van der Waals surface area contributed by atoms with Gasteiger partial charge in [-0.15, -0.1) is 37.4 Å². The molecule has 0 bridgehead atoms. The van der Waals surface area contributed by atoms with E-state index in [1.54, 1.807) is 0 Å². The van der Waals surface area contributed by atoms with Crippen LogP contribution in [-0.4, -0.2) is 4.98 Å². The standard InChI is InChI=1S/C5H5.C4H4N.6CH3.2ClH.Zr/c2*1-2-4-5-3-1;;;;;;;;;/h1-3H,4H2;1-3,5H;6*1H3;2*1H;/q8*-1;;;. The molecule has 0 unspecified atom stereocenters. The number of H-pyrrole nitrogens is 1. The third-order valence-electron chi connectivity index (χ3n) is 1.03. The van der Waals surface area contributed by atoms with Gasteiger partial charge in [0, 0.05) is 26.2 Å². The first-order chi connectivity index (χ1) is 5.00. The maximum absolute atomic E-state index is 2.99. The van der Waals surface area contributed by atoms with Gasteiger partial charge in [-0.05, 0) is 0 Å². The zero-order chi connectivity index (χ0) is 7.07. The van der Waals surface area contributed by atoms with Crippen molar-refractivity contribution in [1.82, 2.24) is 4.98 Å². The minimum Gasteiger partial charge on any atom is -0.484 e. The van der Waals surface area contributed by atoms with Gasteiger partial charge < -0.3 is 49.5 Å².